The highest BCUT2D eigenvalue weighted by Gasteiger charge is 2.43. The number of aliphatic imine (C=N–C) groups is 1. The van der Waals surface area contributed by atoms with Crippen molar-refractivity contribution < 1.29 is 4.79 Å². The summed E-state index contributed by atoms with van der Waals surface area (Å²) in [5.41, 5.74) is -0.419. The molecule has 0 aromatic heterocycles. The number of guanidine groups is 1. The Bertz CT molecular complexity index is 278. The molecule has 1 aliphatic rings. The first-order valence-electron chi connectivity index (χ1n) is 6.21. The maximum atomic E-state index is 12.0. The van der Waals surface area contributed by atoms with E-state index in [-0.39, 0.29) is 11.9 Å². The number of nitrogens with one attached hydrogen (secondary N) is 2. The van der Waals surface area contributed by atoms with E-state index in [0.717, 1.165) is 25.7 Å². The van der Waals surface area contributed by atoms with Gasteiger partial charge in [-0.1, -0.05) is 26.7 Å². The molecule has 4 heteroatoms. The predicted molar refractivity (Wildman–Crippen MR) is 66.4 cm³/mol. The fourth-order valence-electron chi connectivity index (χ4n) is 2.20. The zero-order valence-corrected chi connectivity index (χ0v) is 10.8. The van der Waals surface area contributed by atoms with Gasteiger partial charge in [0.15, 0.2) is 5.96 Å². The second-order valence-electron chi connectivity index (χ2n) is 4.73. The van der Waals surface area contributed by atoms with E-state index in [2.05, 4.69) is 29.5 Å². The summed E-state index contributed by atoms with van der Waals surface area (Å²) in [5, 5.41) is 6.12. The Morgan fingerprint density at radius 2 is 1.81 bits per heavy atom. The fourth-order valence-corrected chi connectivity index (χ4v) is 2.20. The van der Waals surface area contributed by atoms with Crippen LogP contribution in [-0.2, 0) is 4.79 Å². The topological polar surface area (TPSA) is 53.5 Å². The zero-order chi connectivity index (χ0) is 12.2. The molecule has 92 valence electrons. The summed E-state index contributed by atoms with van der Waals surface area (Å²) < 4.78 is 0. The van der Waals surface area contributed by atoms with Crippen molar-refractivity contribution in [3.05, 3.63) is 0 Å². The van der Waals surface area contributed by atoms with Gasteiger partial charge in [0, 0.05) is 6.04 Å². The number of nitrogens with zero attached hydrogens (tertiary/aromatic N) is 1. The quantitative estimate of drug-likeness (QED) is 0.749. The van der Waals surface area contributed by atoms with Gasteiger partial charge in [-0.05, 0) is 26.7 Å². The summed E-state index contributed by atoms with van der Waals surface area (Å²) in [6.07, 6.45) is 3.72. The highest BCUT2D eigenvalue weighted by Crippen LogP contribution is 2.23. The van der Waals surface area contributed by atoms with Crippen molar-refractivity contribution in [2.75, 3.05) is 0 Å². The number of rotatable bonds is 5. The van der Waals surface area contributed by atoms with Gasteiger partial charge < -0.3 is 5.32 Å². The Balaban J connectivity index is 2.83. The minimum absolute atomic E-state index is 0.0793. The van der Waals surface area contributed by atoms with Gasteiger partial charge in [0.25, 0.3) is 5.91 Å². The molecular weight excluding hydrogens is 202 g/mol. The lowest BCUT2D eigenvalue weighted by atomic mass is 9.89. The van der Waals surface area contributed by atoms with Gasteiger partial charge in [-0.3, -0.25) is 15.1 Å². The molecule has 16 heavy (non-hydrogen) atoms. The van der Waals surface area contributed by atoms with E-state index in [0.29, 0.717) is 5.96 Å². The van der Waals surface area contributed by atoms with Crippen LogP contribution >= 0.6 is 0 Å². The van der Waals surface area contributed by atoms with Crippen LogP contribution in [0.2, 0.25) is 0 Å². The molecule has 1 heterocycles. The maximum Gasteiger partial charge on any atom is 0.252 e. The molecule has 2 N–H and O–H groups in total. The van der Waals surface area contributed by atoms with Gasteiger partial charge in [0.2, 0.25) is 0 Å². The summed E-state index contributed by atoms with van der Waals surface area (Å²) in [7, 11) is 0. The monoisotopic (exact) mass is 225 g/mol. The predicted octanol–water partition coefficient (Wildman–Crippen LogP) is 1.81. The van der Waals surface area contributed by atoms with Crippen molar-refractivity contribution in [3.8, 4) is 0 Å². The van der Waals surface area contributed by atoms with Crippen LogP contribution in [0.4, 0.5) is 0 Å². The molecule has 0 atom stereocenters. The standard InChI is InChI=1S/C12H23N3O/c1-5-7-12(8-6-2)10(16)14-11(15-12)13-9(3)4/h9H,5-8H2,1-4H3,(H2,13,14,15,16). The second kappa shape index (κ2) is 5.32. The molecule has 1 amide bonds. The van der Waals surface area contributed by atoms with E-state index < -0.39 is 5.54 Å². The van der Waals surface area contributed by atoms with E-state index in [4.69, 9.17) is 0 Å². The summed E-state index contributed by atoms with van der Waals surface area (Å²) in [6.45, 7) is 8.20. The SMILES string of the molecule is CCCC1(CCC)NC(=NC(C)C)NC1=O. The van der Waals surface area contributed by atoms with Crippen molar-refractivity contribution in [1.82, 2.24) is 10.6 Å². The molecule has 0 saturated carbocycles. The lowest BCUT2D eigenvalue weighted by Gasteiger charge is -2.25. The first-order valence-corrected chi connectivity index (χ1v) is 6.21. The molecule has 1 aliphatic heterocycles. The van der Waals surface area contributed by atoms with Crippen LogP contribution in [0, 0.1) is 0 Å². The summed E-state index contributed by atoms with van der Waals surface area (Å²) in [5.74, 6) is 0.720. The summed E-state index contributed by atoms with van der Waals surface area (Å²) in [6, 6.07) is 0.196. The highest BCUT2D eigenvalue weighted by atomic mass is 16.2. The third kappa shape index (κ3) is 2.74. The van der Waals surface area contributed by atoms with Gasteiger partial charge in [-0.2, -0.15) is 0 Å². The third-order valence-electron chi connectivity index (χ3n) is 2.77. The minimum atomic E-state index is -0.419. The van der Waals surface area contributed by atoms with Crippen LogP contribution in [0.5, 0.6) is 0 Å². The molecule has 0 aliphatic carbocycles. The Kier molecular flexibility index (Phi) is 4.33. The van der Waals surface area contributed by atoms with Crippen molar-refractivity contribution in [1.29, 1.82) is 0 Å². The van der Waals surface area contributed by atoms with Gasteiger partial charge in [-0.15, -0.1) is 0 Å². The molecule has 0 spiro atoms. The molecule has 0 aromatic carbocycles. The van der Waals surface area contributed by atoms with Crippen LogP contribution in [-0.4, -0.2) is 23.4 Å². The van der Waals surface area contributed by atoms with E-state index in [1.54, 1.807) is 0 Å². The molecule has 0 unspecified atom stereocenters. The molecule has 1 rings (SSSR count). The van der Waals surface area contributed by atoms with Gasteiger partial charge in [-0.25, -0.2) is 0 Å². The molecule has 1 fully saturated rings. The first kappa shape index (κ1) is 13.0. The average Bonchev–Trinajstić information content (AvgIpc) is 2.43. The van der Waals surface area contributed by atoms with E-state index in [1.807, 2.05) is 13.8 Å². The largest absolute Gasteiger partial charge is 0.342 e. The minimum Gasteiger partial charge on any atom is -0.342 e. The fraction of sp³-hybridized carbons (Fsp3) is 0.833. The smallest absolute Gasteiger partial charge is 0.252 e. The van der Waals surface area contributed by atoms with Crippen molar-refractivity contribution in [3.63, 3.8) is 0 Å². The van der Waals surface area contributed by atoms with Gasteiger partial charge in [0.1, 0.15) is 5.54 Å². The van der Waals surface area contributed by atoms with Gasteiger partial charge >= 0.3 is 0 Å². The summed E-state index contributed by atoms with van der Waals surface area (Å²) in [4.78, 5) is 16.4. The van der Waals surface area contributed by atoms with E-state index in [9.17, 15) is 4.79 Å². The van der Waals surface area contributed by atoms with Crippen LogP contribution in [0.15, 0.2) is 4.99 Å². The Hall–Kier alpha value is -1.06. The number of hydrogen-bond acceptors (Lipinski definition) is 2. The van der Waals surface area contributed by atoms with Crippen LogP contribution < -0.4 is 10.6 Å². The molecule has 0 bridgehead atoms. The molecular formula is C12H23N3O. The molecule has 0 radical (unpaired) electrons. The Morgan fingerprint density at radius 1 is 1.25 bits per heavy atom. The zero-order valence-electron chi connectivity index (χ0n) is 10.8. The first-order chi connectivity index (χ1) is 7.54. The molecule has 4 nitrogen and oxygen atoms in total. The molecule has 1 saturated heterocycles. The van der Waals surface area contributed by atoms with Crippen LogP contribution in [0.3, 0.4) is 0 Å². The highest BCUT2D eigenvalue weighted by molar-refractivity contribution is 6.09. The van der Waals surface area contributed by atoms with Crippen molar-refractivity contribution in [2.24, 2.45) is 4.99 Å². The van der Waals surface area contributed by atoms with Crippen molar-refractivity contribution >= 4 is 11.9 Å². The normalized spacial score (nSPS) is 21.3. The maximum absolute atomic E-state index is 12.0. The Labute approximate surface area is 97.9 Å². The number of carbonyl (C=O) groups excluding carboxylic acids is 1. The number of hydrogen-bond donors (Lipinski definition) is 2. The van der Waals surface area contributed by atoms with E-state index in [1.165, 1.54) is 0 Å². The lowest BCUT2D eigenvalue weighted by molar-refractivity contribution is -0.124. The van der Waals surface area contributed by atoms with Crippen molar-refractivity contribution in [2.45, 2.75) is 65.0 Å². The van der Waals surface area contributed by atoms with Crippen LogP contribution in [0.1, 0.15) is 53.4 Å². The third-order valence-corrected chi connectivity index (χ3v) is 2.77. The summed E-state index contributed by atoms with van der Waals surface area (Å²) >= 11 is 0. The molecule has 0 aromatic rings. The second-order valence-corrected chi connectivity index (χ2v) is 4.73. The van der Waals surface area contributed by atoms with Crippen LogP contribution in [0.25, 0.3) is 0 Å². The average molecular weight is 225 g/mol. The van der Waals surface area contributed by atoms with E-state index >= 15 is 0 Å². The number of carbonyl (C=O) groups is 1. The lowest BCUT2D eigenvalue weighted by Crippen LogP contribution is -2.46. The Morgan fingerprint density at radius 3 is 2.25 bits per heavy atom. The van der Waals surface area contributed by atoms with Gasteiger partial charge in [0.05, 0.1) is 0 Å². The number of amides is 1.